The fourth-order valence-corrected chi connectivity index (χ4v) is 3.08. The fraction of sp³-hybridized carbons (Fsp3) is 0.0455. The van der Waals surface area contributed by atoms with Crippen LogP contribution in [-0.4, -0.2) is 26.5 Å². The third-order valence-electron chi connectivity index (χ3n) is 4.69. The van der Waals surface area contributed by atoms with Gasteiger partial charge in [-0.15, -0.1) is 0 Å². The Bertz CT molecular complexity index is 1330. The lowest BCUT2D eigenvalue weighted by Crippen LogP contribution is -2.31. The molecule has 0 aliphatic carbocycles. The second kappa shape index (κ2) is 7.67. The number of halogens is 1. The Morgan fingerprint density at radius 3 is 2.57 bits per heavy atom. The predicted molar refractivity (Wildman–Crippen MR) is 111 cm³/mol. The van der Waals surface area contributed by atoms with E-state index in [9.17, 15) is 4.79 Å². The number of aromatic nitrogens is 3. The lowest BCUT2D eigenvalue weighted by Gasteiger charge is -2.14. The van der Waals surface area contributed by atoms with Crippen LogP contribution in [-0.2, 0) is 0 Å². The number of nitrogens with two attached hydrogens (primary N) is 1. The maximum absolute atomic E-state index is 15.2. The molecule has 0 saturated carbocycles. The van der Waals surface area contributed by atoms with Crippen molar-refractivity contribution < 1.29 is 9.18 Å². The molecule has 0 spiro atoms. The van der Waals surface area contributed by atoms with Crippen molar-refractivity contribution in [3.8, 4) is 11.3 Å². The summed E-state index contributed by atoms with van der Waals surface area (Å²) in [7, 11) is 0. The van der Waals surface area contributed by atoms with E-state index in [1.54, 1.807) is 60.8 Å². The first-order chi connectivity index (χ1) is 14.4. The molecule has 2 aromatic heterocycles. The molecule has 30 heavy (non-hydrogen) atoms. The number of carbonyl (C=O) groups excluding carboxylic acids is 1. The Morgan fingerprint density at radius 2 is 1.83 bits per heavy atom. The predicted octanol–water partition coefficient (Wildman–Crippen LogP) is 3.21. The van der Waals surface area contributed by atoms with Gasteiger partial charge in [-0.3, -0.25) is 20.6 Å². The monoisotopic (exact) mass is 400 g/mol. The van der Waals surface area contributed by atoms with E-state index in [0.29, 0.717) is 16.8 Å². The van der Waals surface area contributed by atoms with E-state index >= 15 is 4.39 Å². The van der Waals surface area contributed by atoms with Gasteiger partial charge in [0.25, 0.3) is 0 Å². The molecular weight excluding hydrogens is 383 g/mol. The van der Waals surface area contributed by atoms with Gasteiger partial charge in [0.1, 0.15) is 5.49 Å². The Balaban J connectivity index is 1.68. The highest BCUT2D eigenvalue weighted by molar-refractivity contribution is 5.93. The molecule has 0 radical (unpaired) electrons. The van der Waals surface area contributed by atoms with Crippen molar-refractivity contribution in [1.29, 1.82) is 10.8 Å². The van der Waals surface area contributed by atoms with Crippen molar-refractivity contribution in [2.24, 2.45) is 5.73 Å². The molecule has 4 N–H and O–H groups in total. The highest BCUT2D eigenvalue weighted by Gasteiger charge is 2.20. The van der Waals surface area contributed by atoms with E-state index in [1.165, 1.54) is 6.07 Å². The van der Waals surface area contributed by atoms with Crippen molar-refractivity contribution in [2.75, 3.05) is 0 Å². The van der Waals surface area contributed by atoms with E-state index in [0.717, 1.165) is 15.6 Å². The molecule has 4 rings (SSSR count). The first kappa shape index (κ1) is 19.1. The van der Waals surface area contributed by atoms with Gasteiger partial charge < -0.3 is 5.73 Å². The quantitative estimate of drug-likeness (QED) is 0.360. The van der Waals surface area contributed by atoms with Gasteiger partial charge in [0.2, 0.25) is 5.91 Å². The van der Waals surface area contributed by atoms with Gasteiger partial charge in [-0.25, -0.2) is 4.39 Å². The fourth-order valence-electron chi connectivity index (χ4n) is 3.08. The number of fused-ring (bicyclic) bond motifs is 1. The van der Waals surface area contributed by atoms with Gasteiger partial charge in [-0.1, -0.05) is 24.3 Å². The van der Waals surface area contributed by atoms with Crippen LogP contribution in [0.15, 0.2) is 72.9 Å². The van der Waals surface area contributed by atoms with Gasteiger partial charge >= 0.3 is 0 Å². The second-order valence-electron chi connectivity index (χ2n) is 6.66. The molecule has 0 aliphatic rings. The zero-order chi connectivity index (χ0) is 21.3. The zero-order valence-corrected chi connectivity index (χ0v) is 15.7. The topological polar surface area (TPSA) is 122 Å². The van der Waals surface area contributed by atoms with Gasteiger partial charge in [-0.05, 0) is 48.0 Å². The molecule has 0 fully saturated rings. The minimum atomic E-state index is -1.77. The summed E-state index contributed by atoms with van der Waals surface area (Å²) in [5.41, 5.74) is 7.57. The van der Waals surface area contributed by atoms with Gasteiger partial charge in [0, 0.05) is 22.7 Å². The first-order valence-electron chi connectivity index (χ1n) is 9.07. The lowest BCUT2D eigenvalue weighted by molar-refractivity contribution is 0.100. The number of hydrogen-bond donors (Lipinski definition) is 3. The number of pyridine rings is 1. The summed E-state index contributed by atoms with van der Waals surface area (Å²) in [4.78, 5) is 15.4. The van der Waals surface area contributed by atoms with Gasteiger partial charge in [0.15, 0.2) is 12.0 Å². The molecule has 8 heteroatoms. The molecule has 2 heterocycles. The number of amides is 1. The molecule has 1 unspecified atom stereocenters. The standard InChI is InChI=1S/C22H17FN6O/c23-20(16-7-8-17-15(12-16)2-1-11-27-17)21(25)29-19(24)10-9-18(28-29)13-3-5-14(6-4-13)22(26)30/h1-12,20,24-25H,(H2,26,30). The number of nitrogens with zero attached hydrogens (tertiary/aromatic N) is 3. The normalized spacial score (nSPS) is 11.9. The molecule has 1 atom stereocenters. The van der Waals surface area contributed by atoms with Gasteiger partial charge in [-0.2, -0.15) is 9.78 Å². The number of alkyl halides is 1. The van der Waals surface area contributed by atoms with E-state index in [-0.39, 0.29) is 11.1 Å². The largest absolute Gasteiger partial charge is 0.366 e. The van der Waals surface area contributed by atoms with Crippen LogP contribution in [0.4, 0.5) is 4.39 Å². The number of primary amides is 1. The summed E-state index contributed by atoms with van der Waals surface area (Å²) >= 11 is 0. The summed E-state index contributed by atoms with van der Waals surface area (Å²) in [5, 5.41) is 21.4. The maximum atomic E-state index is 15.2. The first-order valence-corrected chi connectivity index (χ1v) is 9.07. The SMILES string of the molecule is N=C(C(F)c1ccc2ncccc2c1)n1nc(-c2ccc(C(N)=O)cc2)ccc1=N. The number of carbonyl (C=O) groups is 1. The van der Waals surface area contributed by atoms with Crippen LogP contribution < -0.4 is 11.2 Å². The molecule has 0 saturated heterocycles. The summed E-state index contributed by atoms with van der Waals surface area (Å²) in [6.07, 6.45) is -0.117. The minimum Gasteiger partial charge on any atom is -0.366 e. The average Bonchev–Trinajstić information content (AvgIpc) is 2.78. The van der Waals surface area contributed by atoms with Crippen LogP contribution in [0.1, 0.15) is 22.1 Å². The third kappa shape index (κ3) is 3.58. The average molecular weight is 400 g/mol. The number of benzene rings is 2. The van der Waals surface area contributed by atoms with E-state index in [1.807, 2.05) is 6.07 Å². The molecule has 2 aromatic carbocycles. The second-order valence-corrected chi connectivity index (χ2v) is 6.66. The van der Waals surface area contributed by atoms with Crippen molar-refractivity contribution in [3.63, 3.8) is 0 Å². The van der Waals surface area contributed by atoms with E-state index < -0.39 is 17.9 Å². The Kier molecular flexibility index (Phi) is 4.89. The summed E-state index contributed by atoms with van der Waals surface area (Å²) in [6, 6.07) is 18.0. The molecule has 148 valence electrons. The van der Waals surface area contributed by atoms with E-state index in [2.05, 4.69) is 10.1 Å². The number of rotatable bonds is 4. The van der Waals surface area contributed by atoms with Crippen LogP contribution in [0.3, 0.4) is 0 Å². The smallest absolute Gasteiger partial charge is 0.248 e. The van der Waals surface area contributed by atoms with Crippen LogP contribution >= 0.6 is 0 Å². The summed E-state index contributed by atoms with van der Waals surface area (Å²) in [6.45, 7) is 0. The molecule has 4 aromatic rings. The van der Waals surface area contributed by atoms with Crippen LogP contribution in [0.5, 0.6) is 0 Å². The van der Waals surface area contributed by atoms with Crippen molar-refractivity contribution in [1.82, 2.24) is 14.8 Å². The lowest BCUT2D eigenvalue weighted by atomic mass is 10.1. The van der Waals surface area contributed by atoms with Crippen molar-refractivity contribution >= 4 is 22.6 Å². The summed E-state index contributed by atoms with van der Waals surface area (Å²) in [5.74, 6) is -1.02. The highest BCUT2D eigenvalue weighted by atomic mass is 19.1. The Morgan fingerprint density at radius 1 is 1.07 bits per heavy atom. The Labute approximate surface area is 170 Å². The molecule has 0 bridgehead atoms. The molecule has 7 nitrogen and oxygen atoms in total. The molecular formula is C22H17FN6O. The van der Waals surface area contributed by atoms with E-state index in [4.69, 9.17) is 16.6 Å². The highest BCUT2D eigenvalue weighted by Crippen LogP contribution is 2.23. The van der Waals surface area contributed by atoms with Crippen molar-refractivity contribution in [3.05, 3.63) is 89.5 Å². The molecule has 1 amide bonds. The number of nitrogens with one attached hydrogen (secondary N) is 2. The third-order valence-corrected chi connectivity index (χ3v) is 4.69. The maximum Gasteiger partial charge on any atom is 0.248 e. The number of hydrogen-bond acceptors (Lipinski definition) is 5. The Hall–Kier alpha value is -4.20. The molecule has 0 aliphatic heterocycles. The van der Waals surface area contributed by atoms with Gasteiger partial charge in [0.05, 0.1) is 11.2 Å². The van der Waals surface area contributed by atoms with Crippen molar-refractivity contribution in [2.45, 2.75) is 6.17 Å². The van der Waals surface area contributed by atoms with Crippen LogP contribution in [0.25, 0.3) is 22.2 Å². The zero-order valence-electron chi connectivity index (χ0n) is 15.7. The minimum absolute atomic E-state index is 0.123. The summed E-state index contributed by atoms with van der Waals surface area (Å²) < 4.78 is 16.1. The van der Waals surface area contributed by atoms with Crippen LogP contribution in [0.2, 0.25) is 0 Å². The van der Waals surface area contributed by atoms with Crippen LogP contribution in [0, 0.1) is 10.8 Å².